The molecule has 2 atom stereocenters. The van der Waals surface area contributed by atoms with E-state index >= 15 is 0 Å². The third-order valence-electron chi connectivity index (χ3n) is 3.22. The van der Waals surface area contributed by atoms with Crippen LogP contribution in [-0.2, 0) is 4.79 Å². The van der Waals surface area contributed by atoms with Gasteiger partial charge < -0.3 is 5.11 Å². The fourth-order valence-corrected chi connectivity index (χ4v) is 1.83. The molecular weight excluding hydrogens is 219 g/mol. The van der Waals surface area contributed by atoms with E-state index in [9.17, 15) is 14.3 Å². The second-order valence-electron chi connectivity index (χ2n) is 4.50. The quantitative estimate of drug-likeness (QED) is 0.818. The van der Waals surface area contributed by atoms with Crippen LogP contribution >= 0.6 is 0 Å². The third kappa shape index (κ3) is 3.84. The predicted octanol–water partition coefficient (Wildman–Crippen LogP) is 3.82. The van der Waals surface area contributed by atoms with Gasteiger partial charge >= 0.3 is 5.97 Å². The number of hydrogen-bond acceptors (Lipinski definition) is 1. The van der Waals surface area contributed by atoms with Gasteiger partial charge in [0.15, 0.2) is 0 Å². The summed E-state index contributed by atoms with van der Waals surface area (Å²) in [5, 5.41) is 9.17. The van der Waals surface area contributed by atoms with Gasteiger partial charge in [0.2, 0.25) is 0 Å². The Labute approximate surface area is 101 Å². The first-order valence-electron chi connectivity index (χ1n) is 6.03. The topological polar surface area (TPSA) is 37.3 Å². The van der Waals surface area contributed by atoms with Gasteiger partial charge in [-0.05, 0) is 24.8 Å². The summed E-state index contributed by atoms with van der Waals surface area (Å²) < 4.78 is 13.5. The highest BCUT2D eigenvalue weighted by molar-refractivity contribution is 5.76. The van der Waals surface area contributed by atoms with Crippen LogP contribution in [0.1, 0.15) is 44.6 Å². The maximum atomic E-state index is 13.5. The van der Waals surface area contributed by atoms with E-state index in [1.54, 1.807) is 18.2 Å². The SMILES string of the molecule is CCC(C)CCC(C(=O)O)c1ccccc1F. The van der Waals surface area contributed by atoms with E-state index in [0.29, 0.717) is 17.9 Å². The highest BCUT2D eigenvalue weighted by Crippen LogP contribution is 2.26. The van der Waals surface area contributed by atoms with E-state index in [4.69, 9.17) is 0 Å². The van der Waals surface area contributed by atoms with Gasteiger partial charge in [0.1, 0.15) is 5.82 Å². The average Bonchev–Trinajstić information content (AvgIpc) is 2.30. The van der Waals surface area contributed by atoms with E-state index in [1.807, 2.05) is 0 Å². The van der Waals surface area contributed by atoms with Gasteiger partial charge in [-0.25, -0.2) is 4.39 Å². The second-order valence-corrected chi connectivity index (χ2v) is 4.50. The molecule has 94 valence electrons. The molecule has 1 aromatic rings. The van der Waals surface area contributed by atoms with Gasteiger partial charge in [0, 0.05) is 5.56 Å². The molecule has 0 heterocycles. The Hall–Kier alpha value is -1.38. The summed E-state index contributed by atoms with van der Waals surface area (Å²) >= 11 is 0. The van der Waals surface area contributed by atoms with Gasteiger partial charge in [-0.15, -0.1) is 0 Å². The number of carboxylic acids is 1. The molecule has 0 radical (unpaired) electrons. The molecule has 3 heteroatoms. The Balaban J connectivity index is 2.80. The molecule has 0 aliphatic rings. The molecule has 0 saturated heterocycles. The van der Waals surface area contributed by atoms with Crippen LogP contribution in [-0.4, -0.2) is 11.1 Å². The zero-order chi connectivity index (χ0) is 12.8. The number of carbonyl (C=O) groups is 1. The first-order chi connectivity index (χ1) is 8.06. The fourth-order valence-electron chi connectivity index (χ4n) is 1.83. The molecule has 2 unspecified atom stereocenters. The summed E-state index contributed by atoms with van der Waals surface area (Å²) in [6, 6.07) is 6.13. The van der Waals surface area contributed by atoms with E-state index in [2.05, 4.69) is 13.8 Å². The van der Waals surface area contributed by atoms with Crippen molar-refractivity contribution in [3.63, 3.8) is 0 Å². The number of rotatable bonds is 6. The lowest BCUT2D eigenvalue weighted by Gasteiger charge is -2.15. The monoisotopic (exact) mass is 238 g/mol. The summed E-state index contributed by atoms with van der Waals surface area (Å²) in [5.74, 6) is -1.63. The zero-order valence-corrected chi connectivity index (χ0v) is 10.3. The smallest absolute Gasteiger partial charge is 0.311 e. The number of carboxylic acid groups (broad SMARTS) is 1. The largest absolute Gasteiger partial charge is 0.481 e. The molecule has 0 bridgehead atoms. The molecular formula is C14H19FO2. The average molecular weight is 238 g/mol. The molecule has 0 aliphatic heterocycles. The lowest BCUT2D eigenvalue weighted by Crippen LogP contribution is -2.14. The standard InChI is InChI=1S/C14H19FO2/c1-3-10(2)8-9-12(14(16)17)11-6-4-5-7-13(11)15/h4-7,10,12H,3,8-9H2,1-2H3,(H,16,17). The lowest BCUT2D eigenvalue weighted by atomic mass is 9.90. The van der Waals surface area contributed by atoms with Crippen LogP contribution in [0.4, 0.5) is 4.39 Å². The summed E-state index contributed by atoms with van der Waals surface area (Å²) in [5.41, 5.74) is 0.295. The van der Waals surface area contributed by atoms with Crippen LogP contribution in [0, 0.1) is 11.7 Å². The summed E-state index contributed by atoms with van der Waals surface area (Å²) in [7, 11) is 0. The Morgan fingerprint density at radius 2 is 2.00 bits per heavy atom. The minimum atomic E-state index is -0.946. The molecule has 1 rings (SSSR count). The minimum absolute atomic E-state index is 0.295. The van der Waals surface area contributed by atoms with Crippen molar-refractivity contribution in [1.29, 1.82) is 0 Å². The molecule has 0 saturated carbocycles. The van der Waals surface area contributed by atoms with Crippen molar-refractivity contribution >= 4 is 5.97 Å². The van der Waals surface area contributed by atoms with Crippen LogP contribution in [0.25, 0.3) is 0 Å². The van der Waals surface area contributed by atoms with Crippen LogP contribution in [0.15, 0.2) is 24.3 Å². The lowest BCUT2D eigenvalue weighted by molar-refractivity contribution is -0.139. The molecule has 0 spiro atoms. The third-order valence-corrected chi connectivity index (χ3v) is 3.22. The van der Waals surface area contributed by atoms with Gasteiger partial charge in [-0.2, -0.15) is 0 Å². The Bertz CT molecular complexity index is 376. The van der Waals surface area contributed by atoms with Crippen LogP contribution < -0.4 is 0 Å². The zero-order valence-electron chi connectivity index (χ0n) is 10.3. The number of halogens is 1. The molecule has 0 aromatic heterocycles. The maximum Gasteiger partial charge on any atom is 0.311 e. The summed E-state index contributed by atoms with van der Waals surface area (Å²) in [6.07, 6.45) is 2.32. The Morgan fingerprint density at radius 3 is 2.53 bits per heavy atom. The highest BCUT2D eigenvalue weighted by Gasteiger charge is 2.22. The van der Waals surface area contributed by atoms with E-state index in [-0.39, 0.29) is 0 Å². The number of hydrogen-bond donors (Lipinski definition) is 1. The highest BCUT2D eigenvalue weighted by atomic mass is 19.1. The van der Waals surface area contributed by atoms with Gasteiger partial charge in [-0.1, -0.05) is 38.5 Å². The predicted molar refractivity (Wildman–Crippen MR) is 65.5 cm³/mol. The van der Waals surface area contributed by atoms with Crippen molar-refractivity contribution in [3.8, 4) is 0 Å². The first kappa shape index (κ1) is 13.7. The normalized spacial score (nSPS) is 14.3. The molecule has 17 heavy (non-hydrogen) atoms. The first-order valence-corrected chi connectivity index (χ1v) is 6.03. The van der Waals surface area contributed by atoms with E-state index in [1.165, 1.54) is 6.07 Å². The molecule has 1 aromatic carbocycles. The fraction of sp³-hybridized carbons (Fsp3) is 0.500. The van der Waals surface area contributed by atoms with Gasteiger partial charge in [0.05, 0.1) is 5.92 Å². The van der Waals surface area contributed by atoms with Crippen LogP contribution in [0.3, 0.4) is 0 Å². The number of aliphatic carboxylic acids is 1. The summed E-state index contributed by atoms with van der Waals surface area (Å²) in [4.78, 5) is 11.2. The summed E-state index contributed by atoms with van der Waals surface area (Å²) in [6.45, 7) is 4.16. The maximum absolute atomic E-state index is 13.5. The molecule has 0 aliphatic carbocycles. The molecule has 0 fully saturated rings. The molecule has 2 nitrogen and oxygen atoms in total. The second kappa shape index (κ2) is 6.38. The Kier molecular flexibility index (Phi) is 5.13. The van der Waals surface area contributed by atoms with Gasteiger partial charge in [-0.3, -0.25) is 4.79 Å². The molecule has 1 N–H and O–H groups in total. The molecule has 0 amide bonds. The van der Waals surface area contributed by atoms with E-state index < -0.39 is 17.7 Å². The minimum Gasteiger partial charge on any atom is -0.481 e. The van der Waals surface area contributed by atoms with Crippen molar-refractivity contribution in [2.75, 3.05) is 0 Å². The van der Waals surface area contributed by atoms with Crippen LogP contribution in [0.5, 0.6) is 0 Å². The Morgan fingerprint density at radius 1 is 1.35 bits per heavy atom. The van der Waals surface area contributed by atoms with Crippen molar-refractivity contribution in [3.05, 3.63) is 35.6 Å². The van der Waals surface area contributed by atoms with Crippen molar-refractivity contribution in [2.24, 2.45) is 5.92 Å². The number of benzene rings is 1. The van der Waals surface area contributed by atoms with Crippen molar-refractivity contribution in [1.82, 2.24) is 0 Å². The van der Waals surface area contributed by atoms with E-state index in [0.717, 1.165) is 12.8 Å². The van der Waals surface area contributed by atoms with Crippen molar-refractivity contribution in [2.45, 2.75) is 39.0 Å². The van der Waals surface area contributed by atoms with Gasteiger partial charge in [0.25, 0.3) is 0 Å². The van der Waals surface area contributed by atoms with Crippen LogP contribution in [0.2, 0.25) is 0 Å². The van der Waals surface area contributed by atoms with Crippen molar-refractivity contribution < 1.29 is 14.3 Å².